The molecule has 1 saturated carbocycles. The second-order valence-corrected chi connectivity index (χ2v) is 15.2. The van der Waals surface area contributed by atoms with Crippen LogP contribution in [0.5, 0.6) is 5.75 Å². The minimum Gasteiger partial charge on any atom is -0.507 e. The summed E-state index contributed by atoms with van der Waals surface area (Å²) >= 11 is 7.87. The van der Waals surface area contributed by atoms with Gasteiger partial charge < -0.3 is 5.11 Å². The highest BCUT2D eigenvalue weighted by atomic mass is 35.5. The number of rotatable bonds is 3. The van der Waals surface area contributed by atoms with Crippen molar-refractivity contribution in [3.63, 3.8) is 0 Å². The molecule has 50 heavy (non-hydrogen) atoms. The lowest BCUT2D eigenvalue weighted by Gasteiger charge is -2.47. The van der Waals surface area contributed by atoms with E-state index in [9.17, 15) is 19.5 Å². The molecule has 0 radical (unpaired) electrons. The molecule has 4 atom stereocenters. The van der Waals surface area contributed by atoms with E-state index in [0.717, 1.165) is 41.6 Å². The van der Waals surface area contributed by atoms with Gasteiger partial charge in [-0.2, -0.15) is 5.10 Å². The molecular weight excluding hydrogens is 676 g/mol. The van der Waals surface area contributed by atoms with Crippen LogP contribution in [0.4, 0.5) is 5.82 Å². The summed E-state index contributed by atoms with van der Waals surface area (Å²) in [7, 11) is 3.16. The fourth-order valence-electron chi connectivity index (χ4n) is 8.72. The molecule has 1 saturated heterocycles. The quantitative estimate of drug-likeness (QED) is 0.188. The lowest BCUT2D eigenvalue weighted by atomic mass is 9.56. The molecule has 2 fully saturated rings. The Morgan fingerprint density at radius 3 is 2.50 bits per heavy atom. The van der Waals surface area contributed by atoms with Crippen molar-refractivity contribution in [3.8, 4) is 16.3 Å². The van der Waals surface area contributed by atoms with Crippen LogP contribution in [0.3, 0.4) is 0 Å². The molecule has 11 nitrogen and oxygen atoms in total. The number of aromatic nitrogens is 5. The van der Waals surface area contributed by atoms with Gasteiger partial charge in [-0.3, -0.25) is 14.3 Å². The van der Waals surface area contributed by atoms with E-state index < -0.39 is 34.7 Å². The molecule has 2 amide bonds. The predicted octanol–water partition coefficient (Wildman–Crippen LogP) is 5.65. The second-order valence-electron chi connectivity index (χ2n) is 13.7. The molecule has 2 aliphatic heterocycles. The Balaban J connectivity index is 1.23. The number of fused-ring (bicyclic) bond motifs is 6. The number of carbonyl (C=O) groups excluding carboxylic acids is 2. The van der Waals surface area contributed by atoms with Gasteiger partial charge >= 0.3 is 11.4 Å². The number of benzene rings is 3. The number of aromatic hydroxyl groups is 1. The summed E-state index contributed by atoms with van der Waals surface area (Å²) in [6.07, 6.45) is 2.08. The molecule has 252 valence electrons. The van der Waals surface area contributed by atoms with Gasteiger partial charge in [-0.05, 0) is 72.0 Å². The first kappa shape index (κ1) is 30.8. The number of allylic oxidation sites excluding steroid dienone is 2. The monoisotopic (exact) mass is 706 g/mol. The molecule has 3 aromatic carbocycles. The highest BCUT2D eigenvalue weighted by Crippen LogP contribution is 2.62. The van der Waals surface area contributed by atoms with E-state index in [1.54, 1.807) is 35.2 Å². The van der Waals surface area contributed by atoms with E-state index in [1.807, 2.05) is 68.5 Å². The molecule has 0 bridgehead atoms. The fourth-order valence-corrected chi connectivity index (χ4v) is 10.0. The van der Waals surface area contributed by atoms with E-state index in [4.69, 9.17) is 16.7 Å². The van der Waals surface area contributed by atoms with Crippen LogP contribution < -0.4 is 16.3 Å². The molecule has 0 spiro atoms. The number of aryl methyl sites for hydroxylation is 2. The van der Waals surface area contributed by atoms with Crippen molar-refractivity contribution in [1.29, 1.82) is 0 Å². The van der Waals surface area contributed by atoms with Crippen molar-refractivity contribution >= 4 is 61.4 Å². The average Bonchev–Trinajstić information content (AvgIpc) is 3.76. The number of amides is 2. The summed E-state index contributed by atoms with van der Waals surface area (Å²) in [6, 6.07) is 17.7. The number of hydrogen-bond donors (Lipinski definition) is 1. The number of carbonyl (C=O) groups is 2. The van der Waals surface area contributed by atoms with Gasteiger partial charge in [-0.1, -0.05) is 48.0 Å². The molecule has 5 heterocycles. The molecule has 3 aliphatic rings. The maximum Gasteiger partial charge on any atom is 0.347 e. The first-order chi connectivity index (χ1) is 23.9. The van der Waals surface area contributed by atoms with Crippen LogP contribution in [0.25, 0.3) is 31.4 Å². The van der Waals surface area contributed by atoms with Crippen LogP contribution in [0.2, 0.25) is 5.02 Å². The summed E-state index contributed by atoms with van der Waals surface area (Å²) in [5, 5.41) is 18.6. The smallest absolute Gasteiger partial charge is 0.347 e. The minimum atomic E-state index is -1.27. The van der Waals surface area contributed by atoms with Gasteiger partial charge in [0.05, 0.1) is 28.8 Å². The molecule has 13 heteroatoms. The maximum atomic E-state index is 15.1. The summed E-state index contributed by atoms with van der Waals surface area (Å²) in [4.78, 5) is 58.7. The summed E-state index contributed by atoms with van der Waals surface area (Å²) < 4.78 is 6.55. The van der Waals surface area contributed by atoms with Gasteiger partial charge in [0.15, 0.2) is 0 Å². The number of imide groups is 1. The van der Waals surface area contributed by atoms with Gasteiger partial charge in [0, 0.05) is 41.2 Å². The molecule has 3 aromatic heterocycles. The van der Waals surface area contributed by atoms with Gasteiger partial charge in [0.2, 0.25) is 11.8 Å². The van der Waals surface area contributed by atoms with Crippen molar-refractivity contribution < 1.29 is 14.7 Å². The Hall–Kier alpha value is -5.20. The van der Waals surface area contributed by atoms with Crippen molar-refractivity contribution in [3.05, 3.63) is 109 Å². The Bertz CT molecular complexity index is 2660. The number of anilines is 1. The standard InChI is InChI=1S/C37H31ClN6O5S/c1-18-24-15-19(38)9-12-29(24)50-32(18)26-17-30(41(4)39-26)43-33(46)25-16-27-23(13-14-42-35(48)40(3)36(49)44(27)42)31(37(25,2)34(43)47)22-10-11-28(45)21-8-6-5-7-20(21)22/h5-13,15,17,25,27,31,45H,14,16H2,1-4H3/t25-,27+,31-,37+/m0/s1. The van der Waals surface area contributed by atoms with Crippen molar-refractivity contribution in [2.75, 3.05) is 4.90 Å². The van der Waals surface area contributed by atoms with Crippen LogP contribution in [-0.4, -0.2) is 40.6 Å². The van der Waals surface area contributed by atoms with E-state index in [1.165, 1.54) is 21.3 Å². The Morgan fingerprint density at radius 2 is 1.72 bits per heavy atom. The Labute approximate surface area is 293 Å². The first-order valence-electron chi connectivity index (χ1n) is 16.3. The molecule has 1 N–H and O–H groups in total. The van der Waals surface area contributed by atoms with E-state index >= 15 is 4.79 Å². The third kappa shape index (κ3) is 3.88. The van der Waals surface area contributed by atoms with Crippen LogP contribution in [0, 0.1) is 18.3 Å². The number of thiophene rings is 1. The second kappa shape index (κ2) is 10.4. The summed E-state index contributed by atoms with van der Waals surface area (Å²) in [6.45, 7) is 3.99. The number of phenols is 1. The van der Waals surface area contributed by atoms with Crippen molar-refractivity contribution in [2.45, 2.75) is 38.8 Å². The Kier molecular flexibility index (Phi) is 6.42. The molecular formula is C37H31ClN6O5S. The zero-order valence-corrected chi connectivity index (χ0v) is 29.1. The molecule has 0 unspecified atom stereocenters. The molecule has 6 aromatic rings. The van der Waals surface area contributed by atoms with E-state index in [0.29, 0.717) is 21.9 Å². The fraction of sp³-hybridized carbons (Fsp3) is 0.270. The van der Waals surface area contributed by atoms with Gasteiger partial charge in [0.25, 0.3) is 0 Å². The average molecular weight is 707 g/mol. The van der Waals surface area contributed by atoms with Gasteiger partial charge in [-0.15, -0.1) is 11.3 Å². The first-order valence-corrected chi connectivity index (χ1v) is 17.5. The highest BCUT2D eigenvalue weighted by Gasteiger charge is 2.66. The van der Waals surface area contributed by atoms with Gasteiger partial charge in [-0.25, -0.2) is 28.4 Å². The largest absolute Gasteiger partial charge is 0.507 e. The zero-order valence-electron chi connectivity index (χ0n) is 27.5. The van der Waals surface area contributed by atoms with Gasteiger partial charge in [0.1, 0.15) is 17.3 Å². The van der Waals surface area contributed by atoms with Crippen LogP contribution >= 0.6 is 22.9 Å². The topological polar surface area (TPSA) is 124 Å². The number of nitrogens with zero attached hydrogens (tertiary/aromatic N) is 6. The third-order valence-electron chi connectivity index (χ3n) is 11.2. The number of phenolic OH excluding ortho intramolecular Hbond substituents is 1. The molecule has 1 aliphatic carbocycles. The van der Waals surface area contributed by atoms with E-state index in [-0.39, 0.29) is 30.5 Å². The van der Waals surface area contributed by atoms with Crippen molar-refractivity contribution in [2.24, 2.45) is 25.4 Å². The zero-order chi connectivity index (χ0) is 35.0. The number of halogens is 1. The SMILES string of the molecule is Cc1c(-c2cc(N3C(=O)[C@@H]4C[C@@H]5C(=CCn6c(=O)n(C)c(=O)n65)[C@H](c5ccc(O)c6ccccc56)[C@]4(C)C3=O)n(C)n2)sc2ccc(Cl)cc12. The predicted molar refractivity (Wildman–Crippen MR) is 192 cm³/mol. The van der Waals surface area contributed by atoms with Crippen LogP contribution in [-0.2, 0) is 30.2 Å². The minimum absolute atomic E-state index is 0.0980. The van der Waals surface area contributed by atoms with Crippen molar-refractivity contribution in [1.82, 2.24) is 23.7 Å². The van der Waals surface area contributed by atoms with E-state index in [2.05, 4.69) is 0 Å². The lowest BCUT2D eigenvalue weighted by Crippen LogP contribution is -2.49. The Morgan fingerprint density at radius 1 is 0.960 bits per heavy atom. The van der Waals surface area contributed by atoms with Crippen LogP contribution in [0.1, 0.15) is 36.4 Å². The lowest BCUT2D eigenvalue weighted by molar-refractivity contribution is -0.129. The number of hydrogen-bond acceptors (Lipinski definition) is 7. The molecule has 9 rings (SSSR count). The normalized spacial score (nSPS) is 23.0. The summed E-state index contributed by atoms with van der Waals surface area (Å²) in [5.41, 5.74) is 1.00. The highest BCUT2D eigenvalue weighted by molar-refractivity contribution is 7.22. The van der Waals surface area contributed by atoms with Crippen LogP contribution in [0.15, 0.2) is 81.9 Å². The maximum absolute atomic E-state index is 15.1. The third-order valence-corrected chi connectivity index (χ3v) is 12.7. The summed E-state index contributed by atoms with van der Waals surface area (Å²) in [5.74, 6) is -1.80.